The van der Waals surface area contributed by atoms with Crippen molar-refractivity contribution in [3.05, 3.63) is 29.3 Å². The number of hydrogen-bond donors (Lipinski definition) is 1. The highest BCUT2D eigenvalue weighted by molar-refractivity contribution is 5.95. The molecule has 0 bridgehead atoms. The minimum absolute atomic E-state index is 0.0379. The fourth-order valence-corrected chi connectivity index (χ4v) is 2.34. The molecule has 1 aromatic rings. The van der Waals surface area contributed by atoms with Gasteiger partial charge in [-0.05, 0) is 50.5 Å². The smallest absolute Gasteiger partial charge is 0.335 e. The van der Waals surface area contributed by atoms with E-state index in [1.165, 1.54) is 0 Å². The van der Waals surface area contributed by atoms with Crippen LogP contribution in [0, 0.1) is 0 Å². The summed E-state index contributed by atoms with van der Waals surface area (Å²) in [4.78, 5) is 26.9. The first-order chi connectivity index (χ1) is 9.41. The van der Waals surface area contributed by atoms with Gasteiger partial charge in [0.2, 0.25) is 0 Å². The molecule has 1 aliphatic rings. The van der Waals surface area contributed by atoms with Crippen LogP contribution in [-0.2, 0) is 6.42 Å². The maximum Gasteiger partial charge on any atom is 0.335 e. The second-order valence-electron chi connectivity index (χ2n) is 5.39. The van der Waals surface area contributed by atoms with Gasteiger partial charge in [0.1, 0.15) is 0 Å². The van der Waals surface area contributed by atoms with Gasteiger partial charge >= 0.3 is 12.0 Å². The Bertz CT molecular complexity index is 540. The lowest BCUT2D eigenvalue weighted by atomic mass is 9.99. The second-order valence-corrected chi connectivity index (χ2v) is 5.39. The molecule has 1 aromatic carbocycles. The topological polar surface area (TPSA) is 60.9 Å². The molecule has 0 aliphatic carbocycles. The lowest BCUT2D eigenvalue weighted by molar-refractivity contribution is 0.0696. The standard InChI is InChI=1S/C15H20N2O3/c1-10(2)16(3)15(20)17-8-4-5-11-9-12(14(18)19)6-7-13(11)17/h6-7,9-10H,4-5,8H2,1-3H3,(H,18,19). The van der Waals surface area contributed by atoms with Crippen molar-refractivity contribution in [2.75, 3.05) is 18.5 Å². The van der Waals surface area contributed by atoms with E-state index in [4.69, 9.17) is 5.11 Å². The molecule has 5 heteroatoms. The van der Waals surface area contributed by atoms with Crippen LogP contribution in [0.25, 0.3) is 0 Å². The molecule has 0 aromatic heterocycles. The zero-order valence-corrected chi connectivity index (χ0v) is 12.1. The summed E-state index contributed by atoms with van der Waals surface area (Å²) in [5.74, 6) is -0.935. The molecule has 0 spiro atoms. The lowest BCUT2D eigenvalue weighted by Gasteiger charge is -2.34. The van der Waals surface area contributed by atoms with Gasteiger partial charge in [-0.15, -0.1) is 0 Å². The number of benzene rings is 1. The molecule has 2 amide bonds. The summed E-state index contributed by atoms with van der Waals surface area (Å²) in [5.41, 5.74) is 2.04. The van der Waals surface area contributed by atoms with Gasteiger partial charge in [0.15, 0.2) is 0 Å². The van der Waals surface area contributed by atoms with Crippen molar-refractivity contribution in [1.29, 1.82) is 0 Å². The van der Waals surface area contributed by atoms with Crippen LogP contribution < -0.4 is 4.90 Å². The van der Waals surface area contributed by atoms with Crippen molar-refractivity contribution in [2.45, 2.75) is 32.7 Å². The van der Waals surface area contributed by atoms with Crippen LogP contribution >= 0.6 is 0 Å². The fourth-order valence-electron chi connectivity index (χ4n) is 2.34. The van der Waals surface area contributed by atoms with Crippen molar-refractivity contribution < 1.29 is 14.7 Å². The molecule has 1 aliphatic heterocycles. The van der Waals surface area contributed by atoms with E-state index in [1.807, 2.05) is 13.8 Å². The average molecular weight is 276 g/mol. The Labute approximate surface area is 118 Å². The summed E-state index contributed by atoms with van der Waals surface area (Å²) in [7, 11) is 1.78. The number of carbonyl (C=O) groups excluding carboxylic acids is 1. The Kier molecular flexibility index (Phi) is 3.97. The average Bonchev–Trinajstić information content (AvgIpc) is 2.44. The summed E-state index contributed by atoms with van der Waals surface area (Å²) < 4.78 is 0. The molecule has 20 heavy (non-hydrogen) atoms. The van der Waals surface area contributed by atoms with Crippen molar-refractivity contribution >= 4 is 17.7 Å². The van der Waals surface area contributed by atoms with E-state index in [-0.39, 0.29) is 17.6 Å². The number of aromatic carboxylic acids is 1. The fraction of sp³-hybridized carbons (Fsp3) is 0.467. The number of aryl methyl sites for hydroxylation is 1. The van der Waals surface area contributed by atoms with Crippen LogP contribution in [0.2, 0.25) is 0 Å². The number of carboxylic acid groups (broad SMARTS) is 1. The SMILES string of the molecule is CC(C)N(C)C(=O)N1CCCc2cc(C(=O)O)ccc21. The molecule has 5 nitrogen and oxygen atoms in total. The number of carbonyl (C=O) groups is 2. The Morgan fingerprint density at radius 2 is 2.05 bits per heavy atom. The van der Waals surface area contributed by atoms with Crippen LogP contribution in [0.5, 0.6) is 0 Å². The third-order valence-corrected chi connectivity index (χ3v) is 3.75. The van der Waals surface area contributed by atoms with Gasteiger partial charge in [-0.3, -0.25) is 4.90 Å². The van der Waals surface area contributed by atoms with Crippen molar-refractivity contribution in [1.82, 2.24) is 4.90 Å². The van der Waals surface area contributed by atoms with Crippen LogP contribution in [0.15, 0.2) is 18.2 Å². The summed E-state index contributed by atoms with van der Waals surface area (Å²) in [5, 5.41) is 9.03. The quantitative estimate of drug-likeness (QED) is 0.903. The number of hydrogen-bond acceptors (Lipinski definition) is 2. The number of urea groups is 1. The number of carboxylic acids is 1. The molecule has 1 N–H and O–H groups in total. The molecule has 0 saturated heterocycles. The summed E-state index contributed by atoms with van der Waals surface area (Å²) in [6, 6.07) is 5.06. The van der Waals surface area contributed by atoms with Gasteiger partial charge in [-0.2, -0.15) is 0 Å². The van der Waals surface area contributed by atoms with Crippen molar-refractivity contribution in [3.8, 4) is 0 Å². The molecule has 2 rings (SSSR count). The predicted molar refractivity (Wildman–Crippen MR) is 77.4 cm³/mol. The second kappa shape index (κ2) is 5.53. The highest BCUT2D eigenvalue weighted by atomic mass is 16.4. The first kappa shape index (κ1) is 14.4. The van der Waals surface area contributed by atoms with E-state index < -0.39 is 5.97 Å². The first-order valence-corrected chi connectivity index (χ1v) is 6.82. The Morgan fingerprint density at radius 1 is 1.35 bits per heavy atom. The van der Waals surface area contributed by atoms with Crippen LogP contribution in [-0.4, -0.2) is 41.6 Å². The maximum atomic E-state index is 12.5. The van der Waals surface area contributed by atoms with Gasteiger partial charge in [0, 0.05) is 25.3 Å². The molecule has 0 unspecified atom stereocenters. The van der Waals surface area contributed by atoms with Gasteiger partial charge in [0.25, 0.3) is 0 Å². The molecular weight excluding hydrogens is 256 g/mol. The largest absolute Gasteiger partial charge is 0.478 e. The van der Waals surface area contributed by atoms with E-state index in [1.54, 1.807) is 35.0 Å². The van der Waals surface area contributed by atoms with E-state index in [2.05, 4.69) is 0 Å². The molecule has 108 valence electrons. The van der Waals surface area contributed by atoms with E-state index in [0.29, 0.717) is 6.54 Å². The Hall–Kier alpha value is -2.04. The number of rotatable bonds is 2. The molecule has 0 fully saturated rings. The van der Waals surface area contributed by atoms with E-state index >= 15 is 0 Å². The van der Waals surface area contributed by atoms with E-state index in [0.717, 1.165) is 24.1 Å². The Balaban J connectivity index is 2.33. The van der Waals surface area contributed by atoms with Gasteiger partial charge in [-0.1, -0.05) is 0 Å². The summed E-state index contributed by atoms with van der Waals surface area (Å²) >= 11 is 0. The number of fused-ring (bicyclic) bond motifs is 1. The highest BCUT2D eigenvalue weighted by Gasteiger charge is 2.26. The van der Waals surface area contributed by atoms with Crippen LogP contribution in [0.3, 0.4) is 0 Å². The molecule has 0 saturated carbocycles. The monoisotopic (exact) mass is 276 g/mol. The minimum atomic E-state index is -0.935. The minimum Gasteiger partial charge on any atom is -0.478 e. The first-order valence-electron chi connectivity index (χ1n) is 6.82. The van der Waals surface area contributed by atoms with Crippen molar-refractivity contribution in [2.24, 2.45) is 0 Å². The third kappa shape index (κ3) is 2.61. The number of nitrogens with zero attached hydrogens (tertiary/aromatic N) is 2. The van der Waals surface area contributed by atoms with Crippen LogP contribution in [0.4, 0.5) is 10.5 Å². The molecule has 0 atom stereocenters. The Morgan fingerprint density at radius 3 is 2.65 bits per heavy atom. The molecule has 0 radical (unpaired) electrons. The lowest BCUT2D eigenvalue weighted by Crippen LogP contribution is -2.46. The molecular formula is C15H20N2O3. The zero-order valence-electron chi connectivity index (χ0n) is 12.1. The van der Waals surface area contributed by atoms with Gasteiger partial charge < -0.3 is 10.0 Å². The zero-order chi connectivity index (χ0) is 14.9. The molecule has 1 heterocycles. The number of amides is 2. The highest BCUT2D eigenvalue weighted by Crippen LogP contribution is 2.29. The van der Waals surface area contributed by atoms with Crippen LogP contribution in [0.1, 0.15) is 36.2 Å². The van der Waals surface area contributed by atoms with Crippen molar-refractivity contribution in [3.63, 3.8) is 0 Å². The predicted octanol–water partition coefficient (Wildman–Crippen LogP) is 2.60. The third-order valence-electron chi connectivity index (χ3n) is 3.75. The summed E-state index contributed by atoms with van der Waals surface area (Å²) in [6.45, 7) is 4.61. The van der Waals surface area contributed by atoms with Gasteiger partial charge in [-0.25, -0.2) is 9.59 Å². The van der Waals surface area contributed by atoms with E-state index in [9.17, 15) is 9.59 Å². The normalized spacial score (nSPS) is 14.1. The summed E-state index contributed by atoms with van der Waals surface area (Å²) in [6.07, 6.45) is 1.67. The number of anilines is 1. The maximum absolute atomic E-state index is 12.5. The van der Waals surface area contributed by atoms with Gasteiger partial charge in [0.05, 0.1) is 5.56 Å².